The number of piperidine rings is 1. The number of halogens is 2. The summed E-state index contributed by atoms with van der Waals surface area (Å²) in [5.41, 5.74) is -0.147. The van der Waals surface area contributed by atoms with Crippen molar-refractivity contribution in [3.05, 3.63) is 33.2 Å². The van der Waals surface area contributed by atoms with Crippen LogP contribution in [0.25, 0.3) is 0 Å². The average Bonchev–Trinajstić information content (AvgIpc) is 2.44. The van der Waals surface area contributed by atoms with Crippen LogP contribution in [-0.2, 0) is 11.3 Å². The zero-order chi connectivity index (χ0) is 14.5. The fraction of sp³-hybridized carbons (Fsp3) is 0.571. The van der Waals surface area contributed by atoms with Crippen LogP contribution in [0.3, 0.4) is 0 Å². The Kier molecular flexibility index (Phi) is 7.42. The van der Waals surface area contributed by atoms with E-state index in [-0.39, 0.29) is 30.4 Å². The van der Waals surface area contributed by atoms with E-state index in [1.54, 1.807) is 12.3 Å². The Morgan fingerprint density at radius 3 is 2.67 bits per heavy atom. The molecule has 0 radical (unpaired) electrons. The number of pyridine rings is 1. The summed E-state index contributed by atoms with van der Waals surface area (Å²) in [6, 6.07) is 3.16. The lowest BCUT2D eigenvalue weighted by atomic mass is 9.97. The van der Waals surface area contributed by atoms with E-state index in [1.807, 2.05) is 11.9 Å². The van der Waals surface area contributed by atoms with Crippen LogP contribution in [0, 0.1) is 5.92 Å². The number of nitrogens with zero attached hydrogens (tertiary/aromatic N) is 2. The molecule has 0 spiro atoms. The van der Waals surface area contributed by atoms with Crippen LogP contribution in [-0.4, -0.2) is 42.1 Å². The first-order valence-electron chi connectivity index (χ1n) is 6.88. The van der Waals surface area contributed by atoms with Gasteiger partial charge in [-0.2, -0.15) is 0 Å². The minimum Gasteiger partial charge on any atom is -0.341 e. The van der Waals surface area contributed by atoms with E-state index >= 15 is 0 Å². The third-order valence-electron chi connectivity index (χ3n) is 3.71. The molecule has 2 heterocycles. The Morgan fingerprint density at radius 2 is 2.05 bits per heavy atom. The van der Waals surface area contributed by atoms with Crippen LogP contribution in [0.4, 0.5) is 0 Å². The van der Waals surface area contributed by atoms with E-state index in [2.05, 4.69) is 21.2 Å². The quantitative estimate of drug-likeness (QED) is 0.864. The van der Waals surface area contributed by atoms with Crippen molar-refractivity contribution in [2.45, 2.75) is 19.4 Å². The van der Waals surface area contributed by atoms with E-state index in [0.29, 0.717) is 5.92 Å². The predicted molar refractivity (Wildman–Crippen MR) is 88.9 cm³/mol. The monoisotopic (exact) mass is 377 g/mol. The van der Waals surface area contributed by atoms with Crippen molar-refractivity contribution < 1.29 is 4.79 Å². The molecule has 1 fully saturated rings. The molecule has 1 aromatic heterocycles. The van der Waals surface area contributed by atoms with E-state index in [1.165, 1.54) is 10.6 Å². The van der Waals surface area contributed by atoms with Crippen LogP contribution in [0.15, 0.2) is 27.6 Å². The van der Waals surface area contributed by atoms with Crippen molar-refractivity contribution in [1.29, 1.82) is 0 Å². The van der Waals surface area contributed by atoms with Gasteiger partial charge in [0.2, 0.25) is 5.91 Å². The molecule has 1 aliphatic rings. The number of likely N-dealkylation sites (tertiary alicyclic amines) is 1. The minimum atomic E-state index is -0.147. The van der Waals surface area contributed by atoms with Crippen LogP contribution in [0.1, 0.15) is 12.8 Å². The van der Waals surface area contributed by atoms with Crippen molar-refractivity contribution in [2.24, 2.45) is 5.92 Å². The van der Waals surface area contributed by atoms with Crippen molar-refractivity contribution in [3.63, 3.8) is 0 Å². The molecule has 21 heavy (non-hydrogen) atoms. The molecule has 118 valence electrons. The van der Waals surface area contributed by atoms with Gasteiger partial charge in [0.25, 0.3) is 5.56 Å². The van der Waals surface area contributed by atoms with Gasteiger partial charge in [-0.05, 0) is 54.3 Å². The third kappa shape index (κ3) is 5.13. The molecule has 1 N–H and O–H groups in total. The standard InChI is InChI=1S/C14H20BrN3O2.ClH/c1-16-8-11-4-6-17(7-5-11)14(20)10-18-9-12(15)2-3-13(18)19;/h2-3,9,11,16H,4-8,10H2,1H3;1H. The highest BCUT2D eigenvalue weighted by Crippen LogP contribution is 2.16. The molecule has 5 nitrogen and oxygen atoms in total. The molecule has 0 atom stereocenters. The summed E-state index contributed by atoms with van der Waals surface area (Å²) in [6.45, 7) is 2.70. The number of rotatable bonds is 4. The van der Waals surface area contributed by atoms with Crippen molar-refractivity contribution in [3.8, 4) is 0 Å². The van der Waals surface area contributed by atoms with Gasteiger partial charge in [0.05, 0.1) is 0 Å². The highest BCUT2D eigenvalue weighted by molar-refractivity contribution is 9.10. The first-order chi connectivity index (χ1) is 9.60. The van der Waals surface area contributed by atoms with Crippen LogP contribution in [0.5, 0.6) is 0 Å². The second-order valence-electron chi connectivity index (χ2n) is 5.20. The van der Waals surface area contributed by atoms with Gasteiger partial charge in [0, 0.05) is 29.8 Å². The molecule has 1 saturated heterocycles. The van der Waals surface area contributed by atoms with E-state index in [4.69, 9.17) is 0 Å². The molecule has 2 rings (SSSR count). The van der Waals surface area contributed by atoms with Crippen molar-refractivity contribution in [1.82, 2.24) is 14.8 Å². The SMILES string of the molecule is CNCC1CCN(C(=O)Cn2cc(Br)ccc2=O)CC1.Cl. The Balaban J connectivity index is 0.00000220. The highest BCUT2D eigenvalue weighted by Gasteiger charge is 2.22. The van der Waals surface area contributed by atoms with Gasteiger partial charge in [0.15, 0.2) is 0 Å². The van der Waals surface area contributed by atoms with E-state index in [9.17, 15) is 9.59 Å². The van der Waals surface area contributed by atoms with Gasteiger partial charge in [-0.15, -0.1) is 12.4 Å². The Bertz CT molecular complexity index is 527. The maximum absolute atomic E-state index is 12.2. The third-order valence-corrected chi connectivity index (χ3v) is 4.18. The fourth-order valence-electron chi connectivity index (χ4n) is 2.55. The molecule has 1 aromatic rings. The van der Waals surface area contributed by atoms with Gasteiger partial charge in [-0.1, -0.05) is 0 Å². The summed E-state index contributed by atoms with van der Waals surface area (Å²) in [6.07, 6.45) is 3.72. The maximum Gasteiger partial charge on any atom is 0.251 e. The molecule has 1 amide bonds. The van der Waals surface area contributed by atoms with Crippen LogP contribution < -0.4 is 10.9 Å². The van der Waals surface area contributed by atoms with Gasteiger partial charge >= 0.3 is 0 Å². The van der Waals surface area contributed by atoms with Crippen LogP contribution >= 0.6 is 28.3 Å². The molecule has 0 bridgehead atoms. The maximum atomic E-state index is 12.2. The number of nitrogens with one attached hydrogen (secondary N) is 1. The number of amides is 1. The average molecular weight is 379 g/mol. The number of hydrogen-bond acceptors (Lipinski definition) is 3. The molecule has 0 aliphatic carbocycles. The first-order valence-corrected chi connectivity index (χ1v) is 7.68. The predicted octanol–water partition coefficient (Wildman–Crippen LogP) is 1.49. The largest absolute Gasteiger partial charge is 0.341 e. The topological polar surface area (TPSA) is 54.3 Å². The number of hydrogen-bond donors (Lipinski definition) is 1. The van der Waals surface area contributed by atoms with Crippen LogP contribution in [0.2, 0.25) is 0 Å². The minimum absolute atomic E-state index is 0. The summed E-state index contributed by atoms with van der Waals surface area (Å²) in [5, 5.41) is 3.18. The number of carbonyl (C=O) groups excluding carboxylic acids is 1. The Hall–Kier alpha value is -0.850. The highest BCUT2D eigenvalue weighted by atomic mass is 79.9. The summed E-state index contributed by atoms with van der Waals surface area (Å²) < 4.78 is 2.25. The van der Waals surface area contributed by atoms with E-state index < -0.39 is 0 Å². The first kappa shape index (κ1) is 18.2. The summed E-state index contributed by atoms with van der Waals surface area (Å²) in [7, 11) is 1.96. The van der Waals surface area contributed by atoms with Crippen molar-refractivity contribution >= 4 is 34.2 Å². The molecule has 7 heteroatoms. The smallest absolute Gasteiger partial charge is 0.251 e. The second-order valence-corrected chi connectivity index (χ2v) is 6.11. The van der Waals surface area contributed by atoms with E-state index in [0.717, 1.165) is 36.9 Å². The van der Waals surface area contributed by atoms with Crippen molar-refractivity contribution in [2.75, 3.05) is 26.7 Å². The zero-order valence-electron chi connectivity index (χ0n) is 12.0. The Labute approximate surface area is 139 Å². The lowest BCUT2D eigenvalue weighted by molar-refractivity contribution is -0.133. The van der Waals surface area contributed by atoms with Gasteiger partial charge in [0.1, 0.15) is 6.54 Å². The molecule has 1 aliphatic heterocycles. The van der Waals surface area contributed by atoms with Gasteiger partial charge < -0.3 is 14.8 Å². The van der Waals surface area contributed by atoms with Gasteiger partial charge in [-0.3, -0.25) is 9.59 Å². The lowest BCUT2D eigenvalue weighted by Gasteiger charge is -2.32. The molecule has 0 saturated carbocycles. The molecular weight excluding hydrogens is 358 g/mol. The summed E-state index contributed by atoms with van der Waals surface area (Å²) in [4.78, 5) is 25.8. The number of carbonyl (C=O) groups is 1. The summed E-state index contributed by atoms with van der Waals surface area (Å²) >= 11 is 3.32. The van der Waals surface area contributed by atoms with Gasteiger partial charge in [-0.25, -0.2) is 0 Å². The zero-order valence-corrected chi connectivity index (χ0v) is 14.5. The normalized spacial score (nSPS) is 15.6. The fourth-order valence-corrected chi connectivity index (χ4v) is 2.93. The molecule has 0 unspecified atom stereocenters. The second kappa shape index (κ2) is 8.56. The summed E-state index contributed by atoms with van der Waals surface area (Å²) in [5.74, 6) is 0.672. The number of aromatic nitrogens is 1. The molecule has 0 aromatic carbocycles. The Morgan fingerprint density at radius 1 is 1.38 bits per heavy atom. The lowest BCUT2D eigenvalue weighted by Crippen LogP contribution is -2.42. The molecular formula is C14H21BrClN3O2.